The Balaban J connectivity index is 1.50. The topological polar surface area (TPSA) is 76.4 Å². The standard InChI is InChI=1S/C20H23N3O3/c1-13(22-16-6-9-19-18(12-16)23-14(2)26-19)20(24)21-11-10-15-4-7-17(25-3)8-5-15/h4-9,12-13,22H,10-11H2,1-3H3,(H,21,24). The second-order valence-electron chi connectivity index (χ2n) is 6.17. The van der Waals surface area contributed by atoms with E-state index < -0.39 is 0 Å². The molecule has 0 aliphatic carbocycles. The van der Waals surface area contributed by atoms with Crippen molar-refractivity contribution >= 4 is 22.7 Å². The molecule has 0 bridgehead atoms. The first-order valence-electron chi connectivity index (χ1n) is 8.59. The first kappa shape index (κ1) is 17.8. The van der Waals surface area contributed by atoms with Crippen molar-refractivity contribution in [1.82, 2.24) is 10.3 Å². The molecular weight excluding hydrogens is 330 g/mol. The summed E-state index contributed by atoms with van der Waals surface area (Å²) in [6, 6.07) is 13.1. The Morgan fingerprint density at radius 2 is 2.00 bits per heavy atom. The summed E-state index contributed by atoms with van der Waals surface area (Å²) in [7, 11) is 1.64. The molecular formula is C20H23N3O3. The van der Waals surface area contributed by atoms with E-state index in [4.69, 9.17) is 9.15 Å². The van der Waals surface area contributed by atoms with Crippen LogP contribution < -0.4 is 15.4 Å². The molecule has 0 fully saturated rings. The van der Waals surface area contributed by atoms with Gasteiger partial charge in [-0.1, -0.05) is 12.1 Å². The predicted molar refractivity (Wildman–Crippen MR) is 102 cm³/mol. The van der Waals surface area contributed by atoms with E-state index in [-0.39, 0.29) is 11.9 Å². The summed E-state index contributed by atoms with van der Waals surface area (Å²) in [5.74, 6) is 1.41. The first-order chi connectivity index (χ1) is 12.5. The third kappa shape index (κ3) is 4.33. The lowest BCUT2D eigenvalue weighted by atomic mass is 10.1. The van der Waals surface area contributed by atoms with Crippen LogP contribution in [0.15, 0.2) is 46.9 Å². The van der Waals surface area contributed by atoms with E-state index in [1.54, 1.807) is 7.11 Å². The number of hydrogen-bond donors (Lipinski definition) is 2. The Morgan fingerprint density at radius 1 is 1.23 bits per heavy atom. The zero-order valence-electron chi connectivity index (χ0n) is 15.2. The fourth-order valence-electron chi connectivity index (χ4n) is 2.72. The van der Waals surface area contributed by atoms with E-state index in [0.717, 1.165) is 34.5 Å². The monoisotopic (exact) mass is 353 g/mol. The van der Waals surface area contributed by atoms with Crippen molar-refractivity contribution in [1.29, 1.82) is 0 Å². The van der Waals surface area contributed by atoms with Crippen LogP contribution in [0.5, 0.6) is 5.75 Å². The summed E-state index contributed by atoms with van der Waals surface area (Å²) in [5, 5.41) is 6.15. The number of fused-ring (bicyclic) bond motifs is 1. The van der Waals surface area contributed by atoms with E-state index in [9.17, 15) is 4.79 Å². The van der Waals surface area contributed by atoms with Crippen molar-refractivity contribution in [3.8, 4) is 5.75 Å². The maximum atomic E-state index is 12.3. The maximum absolute atomic E-state index is 12.3. The highest BCUT2D eigenvalue weighted by Gasteiger charge is 2.13. The number of aromatic nitrogens is 1. The number of methoxy groups -OCH3 is 1. The number of rotatable bonds is 7. The van der Waals surface area contributed by atoms with Gasteiger partial charge < -0.3 is 19.8 Å². The summed E-state index contributed by atoms with van der Waals surface area (Å²) >= 11 is 0. The minimum atomic E-state index is -0.351. The van der Waals surface area contributed by atoms with Crippen LogP contribution in [-0.2, 0) is 11.2 Å². The van der Waals surface area contributed by atoms with Gasteiger partial charge in [-0.2, -0.15) is 0 Å². The number of ether oxygens (including phenoxy) is 1. The molecule has 1 unspecified atom stereocenters. The van der Waals surface area contributed by atoms with Gasteiger partial charge >= 0.3 is 0 Å². The van der Waals surface area contributed by atoms with Gasteiger partial charge in [0.05, 0.1) is 7.11 Å². The van der Waals surface area contributed by atoms with Gasteiger partial charge in [-0.25, -0.2) is 4.98 Å². The van der Waals surface area contributed by atoms with Crippen LogP contribution in [0, 0.1) is 6.92 Å². The smallest absolute Gasteiger partial charge is 0.242 e. The quantitative estimate of drug-likeness (QED) is 0.681. The number of carbonyl (C=O) groups is 1. The van der Waals surface area contributed by atoms with Gasteiger partial charge in [0, 0.05) is 19.2 Å². The molecule has 2 N–H and O–H groups in total. The molecule has 0 spiro atoms. The SMILES string of the molecule is COc1ccc(CCNC(=O)C(C)Nc2ccc3oc(C)nc3c2)cc1. The average molecular weight is 353 g/mol. The largest absolute Gasteiger partial charge is 0.497 e. The molecule has 6 heteroatoms. The van der Waals surface area contributed by atoms with Crippen LogP contribution in [0.3, 0.4) is 0 Å². The second kappa shape index (κ2) is 7.91. The molecule has 1 heterocycles. The van der Waals surface area contributed by atoms with Gasteiger partial charge in [0.15, 0.2) is 11.5 Å². The molecule has 26 heavy (non-hydrogen) atoms. The molecule has 1 amide bonds. The summed E-state index contributed by atoms with van der Waals surface area (Å²) < 4.78 is 10.6. The zero-order valence-corrected chi connectivity index (χ0v) is 15.2. The molecule has 0 aliphatic rings. The molecule has 0 saturated carbocycles. The number of benzene rings is 2. The molecule has 136 valence electrons. The molecule has 6 nitrogen and oxygen atoms in total. The highest BCUT2D eigenvalue weighted by Crippen LogP contribution is 2.20. The van der Waals surface area contributed by atoms with Crippen molar-refractivity contribution in [2.24, 2.45) is 0 Å². The average Bonchev–Trinajstić information content (AvgIpc) is 3.01. The molecule has 3 aromatic rings. The van der Waals surface area contributed by atoms with Gasteiger partial charge in [0.25, 0.3) is 0 Å². The Labute approximate surface area is 152 Å². The van der Waals surface area contributed by atoms with Gasteiger partial charge in [-0.15, -0.1) is 0 Å². The summed E-state index contributed by atoms with van der Waals surface area (Å²) in [4.78, 5) is 16.6. The summed E-state index contributed by atoms with van der Waals surface area (Å²) in [5.41, 5.74) is 3.51. The summed E-state index contributed by atoms with van der Waals surface area (Å²) in [6.45, 7) is 4.23. The Hall–Kier alpha value is -3.02. The fraction of sp³-hybridized carbons (Fsp3) is 0.300. The minimum Gasteiger partial charge on any atom is -0.497 e. The molecule has 2 aromatic carbocycles. The van der Waals surface area contributed by atoms with Crippen LogP contribution in [0.1, 0.15) is 18.4 Å². The van der Waals surface area contributed by atoms with Crippen molar-refractivity contribution < 1.29 is 13.9 Å². The van der Waals surface area contributed by atoms with E-state index in [1.807, 2.05) is 56.3 Å². The number of hydrogen-bond acceptors (Lipinski definition) is 5. The van der Waals surface area contributed by atoms with Gasteiger partial charge in [0.2, 0.25) is 5.91 Å². The van der Waals surface area contributed by atoms with Crippen molar-refractivity contribution in [2.75, 3.05) is 19.0 Å². The lowest BCUT2D eigenvalue weighted by molar-refractivity contribution is -0.121. The number of nitrogens with zero attached hydrogens (tertiary/aromatic N) is 1. The van der Waals surface area contributed by atoms with Crippen molar-refractivity contribution in [3.63, 3.8) is 0 Å². The molecule has 0 saturated heterocycles. The number of carbonyl (C=O) groups excluding carboxylic acids is 1. The highest BCUT2D eigenvalue weighted by atomic mass is 16.5. The van der Waals surface area contributed by atoms with E-state index in [0.29, 0.717) is 12.4 Å². The van der Waals surface area contributed by atoms with Gasteiger partial charge in [0.1, 0.15) is 17.3 Å². The van der Waals surface area contributed by atoms with Gasteiger partial charge in [-0.3, -0.25) is 4.79 Å². The number of anilines is 1. The molecule has 0 aliphatic heterocycles. The zero-order chi connectivity index (χ0) is 18.5. The van der Waals surface area contributed by atoms with Crippen LogP contribution in [0.4, 0.5) is 5.69 Å². The number of oxazole rings is 1. The number of nitrogens with one attached hydrogen (secondary N) is 2. The van der Waals surface area contributed by atoms with Crippen molar-refractivity contribution in [3.05, 3.63) is 53.9 Å². The lowest BCUT2D eigenvalue weighted by Crippen LogP contribution is -2.38. The minimum absolute atomic E-state index is 0.0464. The maximum Gasteiger partial charge on any atom is 0.242 e. The molecule has 0 radical (unpaired) electrons. The van der Waals surface area contributed by atoms with Crippen LogP contribution in [-0.4, -0.2) is 30.6 Å². The van der Waals surface area contributed by atoms with Crippen molar-refractivity contribution in [2.45, 2.75) is 26.3 Å². The second-order valence-corrected chi connectivity index (χ2v) is 6.17. The van der Waals surface area contributed by atoms with E-state index in [2.05, 4.69) is 15.6 Å². The van der Waals surface area contributed by atoms with Gasteiger partial charge in [-0.05, 0) is 49.2 Å². The fourth-order valence-corrected chi connectivity index (χ4v) is 2.72. The highest BCUT2D eigenvalue weighted by molar-refractivity contribution is 5.85. The van der Waals surface area contributed by atoms with E-state index in [1.165, 1.54) is 0 Å². The van der Waals surface area contributed by atoms with Crippen LogP contribution in [0.25, 0.3) is 11.1 Å². The third-order valence-electron chi connectivity index (χ3n) is 4.14. The normalized spacial score (nSPS) is 12.0. The predicted octanol–water partition coefficient (Wildman–Crippen LogP) is 3.30. The lowest BCUT2D eigenvalue weighted by Gasteiger charge is -2.15. The molecule has 1 atom stereocenters. The summed E-state index contributed by atoms with van der Waals surface area (Å²) in [6.07, 6.45) is 0.770. The molecule has 3 rings (SSSR count). The Morgan fingerprint density at radius 3 is 2.73 bits per heavy atom. The Bertz CT molecular complexity index is 887. The number of amides is 1. The first-order valence-corrected chi connectivity index (χ1v) is 8.59. The number of aryl methyl sites for hydroxylation is 1. The Kier molecular flexibility index (Phi) is 5.41. The van der Waals surface area contributed by atoms with Crippen LogP contribution >= 0.6 is 0 Å². The van der Waals surface area contributed by atoms with Crippen LogP contribution in [0.2, 0.25) is 0 Å². The third-order valence-corrected chi connectivity index (χ3v) is 4.14. The molecule has 1 aromatic heterocycles. The van der Waals surface area contributed by atoms with E-state index >= 15 is 0 Å².